The van der Waals surface area contributed by atoms with E-state index in [1.54, 1.807) is 23.9 Å². The number of pyridine rings is 1. The number of likely N-dealkylation sites (tertiary alicyclic amines) is 2. The molecule has 0 saturated carbocycles. The van der Waals surface area contributed by atoms with Gasteiger partial charge in [0.1, 0.15) is 5.15 Å². The van der Waals surface area contributed by atoms with Gasteiger partial charge in [0, 0.05) is 48.4 Å². The topological polar surface area (TPSA) is 57.7 Å². The molecule has 3 heterocycles. The second kappa shape index (κ2) is 9.85. The number of carbonyl (C=O) groups is 1. The predicted molar refractivity (Wildman–Crippen MR) is 134 cm³/mol. The first-order valence-corrected chi connectivity index (χ1v) is 12.6. The molecular weight excluding hydrogens is 464 g/mol. The standard InChI is InChI=1S/C23H27ClN4O2S2/c1-30-20-14-16(13-19(24)26-20)21(29)27-10-7-23(8-11-27)9-12-28(15-23)22(31)25-17-3-5-18(32-2)6-4-17/h3-6,13-14H,7-12,15H2,1-2H3,(H,25,31). The number of piperidine rings is 1. The maximum atomic E-state index is 13.0. The number of benzene rings is 1. The zero-order chi connectivity index (χ0) is 22.7. The summed E-state index contributed by atoms with van der Waals surface area (Å²) in [6, 6.07) is 11.6. The minimum absolute atomic E-state index is 0.0248. The first-order chi connectivity index (χ1) is 15.4. The van der Waals surface area contributed by atoms with Gasteiger partial charge in [-0.3, -0.25) is 4.79 Å². The third kappa shape index (κ3) is 5.13. The minimum Gasteiger partial charge on any atom is -0.481 e. The van der Waals surface area contributed by atoms with Crippen molar-refractivity contribution in [1.82, 2.24) is 14.8 Å². The lowest BCUT2D eigenvalue weighted by atomic mass is 9.77. The third-order valence-electron chi connectivity index (χ3n) is 6.40. The molecule has 2 aliphatic heterocycles. The molecule has 1 aromatic heterocycles. The molecule has 2 fully saturated rings. The Labute approximate surface area is 203 Å². The molecule has 2 saturated heterocycles. The fourth-order valence-corrected chi connectivity index (χ4v) is 5.34. The number of nitrogens with one attached hydrogen (secondary N) is 1. The van der Waals surface area contributed by atoms with E-state index in [1.165, 1.54) is 12.0 Å². The highest BCUT2D eigenvalue weighted by Crippen LogP contribution is 2.41. The van der Waals surface area contributed by atoms with Crippen LogP contribution in [0.4, 0.5) is 5.69 Å². The molecule has 2 aromatic rings. The largest absolute Gasteiger partial charge is 0.481 e. The van der Waals surface area contributed by atoms with Crippen LogP contribution in [0, 0.1) is 5.41 Å². The highest BCUT2D eigenvalue weighted by atomic mass is 35.5. The summed E-state index contributed by atoms with van der Waals surface area (Å²) in [6.45, 7) is 3.33. The minimum atomic E-state index is -0.0248. The lowest BCUT2D eigenvalue weighted by molar-refractivity contribution is 0.0598. The van der Waals surface area contributed by atoms with Crippen LogP contribution in [-0.4, -0.2) is 65.3 Å². The lowest BCUT2D eigenvalue weighted by Crippen LogP contribution is -2.45. The Kier molecular flexibility index (Phi) is 7.12. The molecule has 0 radical (unpaired) electrons. The van der Waals surface area contributed by atoms with Crippen molar-refractivity contribution in [2.24, 2.45) is 5.41 Å². The summed E-state index contributed by atoms with van der Waals surface area (Å²) in [5.74, 6) is 0.327. The molecule has 4 rings (SSSR count). The van der Waals surface area contributed by atoms with E-state index in [4.69, 9.17) is 28.6 Å². The van der Waals surface area contributed by atoms with Crippen molar-refractivity contribution in [1.29, 1.82) is 0 Å². The van der Waals surface area contributed by atoms with Crippen molar-refractivity contribution in [2.45, 2.75) is 24.2 Å². The SMILES string of the molecule is COc1cc(C(=O)N2CCC3(CC2)CCN(C(=S)Nc2ccc(SC)cc2)C3)cc(Cl)n1. The Morgan fingerprint density at radius 3 is 2.44 bits per heavy atom. The van der Waals surface area contributed by atoms with Crippen LogP contribution < -0.4 is 10.1 Å². The highest BCUT2D eigenvalue weighted by Gasteiger charge is 2.42. The molecule has 1 spiro atoms. The second-order valence-corrected chi connectivity index (χ2v) is 10.00. The van der Waals surface area contributed by atoms with Crippen LogP contribution in [0.2, 0.25) is 5.15 Å². The van der Waals surface area contributed by atoms with Crippen LogP contribution in [0.15, 0.2) is 41.3 Å². The molecule has 9 heteroatoms. The van der Waals surface area contributed by atoms with Crippen molar-refractivity contribution < 1.29 is 9.53 Å². The van der Waals surface area contributed by atoms with Gasteiger partial charge in [0.15, 0.2) is 5.11 Å². The number of carbonyl (C=O) groups excluding carboxylic acids is 1. The second-order valence-electron chi connectivity index (χ2n) is 8.34. The van der Waals surface area contributed by atoms with E-state index in [2.05, 4.69) is 45.7 Å². The zero-order valence-electron chi connectivity index (χ0n) is 18.3. The Morgan fingerprint density at radius 2 is 1.81 bits per heavy atom. The van der Waals surface area contributed by atoms with E-state index < -0.39 is 0 Å². The Bertz CT molecular complexity index is 994. The fourth-order valence-electron chi connectivity index (χ4n) is 4.46. The molecule has 6 nitrogen and oxygen atoms in total. The molecule has 170 valence electrons. The van der Waals surface area contributed by atoms with Gasteiger partial charge in [0.25, 0.3) is 5.91 Å². The predicted octanol–water partition coefficient (Wildman–Crippen LogP) is 4.79. The molecule has 0 unspecified atom stereocenters. The van der Waals surface area contributed by atoms with E-state index in [9.17, 15) is 4.79 Å². The number of amides is 1. The maximum absolute atomic E-state index is 13.0. The van der Waals surface area contributed by atoms with Gasteiger partial charge in [-0.2, -0.15) is 0 Å². The molecule has 0 aliphatic carbocycles. The third-order valence-corrected chi connectivity index (χ3v) is 7.70. The molecule has 0 atom stereocenters. The van der Waals surface area contributed by atoms with Crippen LogP contribution in [-0.2, 0) is 0 Å². The van der Waals surface area contributed by atoms with Crippen LogP contribution in [0.5, 0.6) is 5.88 Å². The van der Waals surface area contributed by atoms with Gasteiger partial charge in [-0.1, -0.05) is 11.6 Å². The summed E-state index contributed by atoms with van der Waals surface area (Å²) in [7, 11) is 1.52. The lowest BCUT2D eigenvalue weighted by Gasteiger charge is -2.39. The van der Waals surface area contributed by atoms with Gasteiger partial charge < -0.3 is 19.9 Å². The van der Waals surface area contributed by atoms with Crippen LogP contribution in [0.1, 0.15) is 29.6 Å². The van der Waals surface area contributed by atoms with Gasteiger partial charge in [-0.05, 0) is 73.5 Å². The zero-order valence-corrected chi connectivity index (χ0v) is 20.7. The number of hydrogen-bond donors (Lipinski definition) is 1. The van der Waals surface area contributed by atoms with Gasteiger partial charge in [0.2, 0.25) is 5.88 Å². The van der Waals surface area contributed by atoms with E-state index >= 15 is 0 Å². The monoisotopic (exact) mass is 490 g/mol. The van der Waals surface area contributed by atoms with Gasteiger partial charge in [-0.15, -0.1) is 11.8 Å². The summed E-state index contributed by atoms with van der Waals surface area (Å²) in [4.78, 5) is 22.4. The number of ether oxygens (including phenoxy) is 1. The van der Waals surface area contributed by atoms with Crippen molar-refractivity contribution in [2.75, 3.05) is 44.9 Å². The Hall–Kier alpha value is -2.03. The summed E-state index contributed by atoms with van der Waals surface area (Å²) < 4.78 is 5.15. The first kappa shape index (κ1) is 23.1. The number of rotatable bonds is 4. The molecular formula is C23H27ClN4O2S2. The van der Waals surface area contributed by atoms with E-state index in [1.807, 2.05) is 4.90 Å². The van der Waals surface area contributed by atoms with Crippen LogP contribution >= 0.6 is 35.6 Å². The number of thiocarbonyl (C=S) groups is 1. The average molecular weight is 491 g/mol. The summed E-state index contributed by atoms with van der Waals surface area (Å²) in [6.07, 6.45) is 5.10. The van der Waals surface area contributed by atoms with E-state index in [-0.39, 0.29) is 16.5 Å². The molecule has 1 N–H and O–H groups in total. The smallest absolute Gasteiger partial charge is 0.254 e. The van der Waals surface area contributed by atoms with Crippen LogP contribution in [0.3, 0.4) is 0 Å². The summed E-state index contributed by atoms with van der Waals surface area (Å²) in [5.41, 5.74) is 1.74. The van der Waals surface area contributed by atoms with Gasteiger partial charge in [-0.25, -0.2) is 4.98 Å². The molecule has 1 aromatic carbocycles. The normalized spacial score (nSPS) is 17.5. The van der Waals surface area contributed by atoms with Crippen molar-refractivity contribution >= 4 is 52.3 Å². The molecule has 32 heavy (non-hydrogen) atoms. The molecule has 2 aliphatic rings. The van der Waals surface area contributed by atoms with Gasteiger partial charge >= 0.3 is 0 Å². The van der Waals surface area contributed by atoms with Crippen molar-refractivity contribution in [3.63, 3.8) is 0 Å². The number of halogens is 1. The molecule has 0 bridgehead atoms. The van der Waals surface area contributed by atoms with E-state index in [0.717, 1.165) is 56.2 Å². The Morgan fingerprint density at radius 1 is 1.16 bits per heavy atom. The van der Waals surface area contributed by atoms with Gasteiger partial charge in [0.05, 0.1) is 7.11 Å². The number of hydrogen-bond acceptors (Lipinski definition) is 5. The number of methoxy groups -OCH3 is 1. The summed E-state index contributed by atoms with van der Waals surface area (Å²) >= 11 is 13.5. The van der Waals surface area contributed by atoms with Crippen molar-refractivity contribution in [3.8, 4) is 5.88 Å². The number of aromatic nitrogens is 1. The summed E-state index contributed by atoms with van der Waals surface area (Å²) in [5, 5.41) is 4.41. The van der Waals surface area contributed by atoms with Crippen molar-refractivity contribution in [3.05, 3.63) is 47.1 Å². The quantitative estimate of drug-likeness (QED) is 0.375. The Balaban J connectivity index is 1.33. The number of thioether (sulfide) groups is 1. The average Bonchev–Trinajstić information content (AvgIpc) is 3.23. The fraction of sp³-hybridized carbons (Fsp3) is 0.435. The number of anilines is 1. The maximum Gasteiger partial charge on any atom is 0.254 e. The first-order valence-electron chi connectivity index (χ1n) is 10.6. The number of nitrogens with zero attached hydrogens (tertiary/aromatic N) is 3. The van der Waals surface area contributed by atoms with Crippen LogP contribution in [0.25, 0.3) is 0 Å². The van der Waals surface area contributed by atoms with E-state index in [0.29, 0.717) is 11.4 Å². The highest BCUT2D eigenvalue weighted by molar-refractivity contribution is 7.98. The molecule has 1 amide bonds.